The monoisotopic (exact) mass is 368 g/mol. The van der Waals surface area contributed by atoms with Crippen LogP contribution in [0.25, 0.3) is 0 Å². The Bertz CT molecular complexity index is 753. The van der Waals surface area contributed by atoms with Crippen LogP contribution in [-0.2, 0) is 4.74 Å². The molecule has 4 rings (SSSR count). The van der Waals surface area contributed by atoms with Crippen LogP contribution in [0.15, 0.2) is 24.3 Å². The van der Waals surface area contributed by atoms with Crippen LogP contribution in [0.3, 0.4) is 0 Å². The van der Waals surface area contributed by atoms with Gasteiger partial charge < -0.3 is 14.0 Å². The number of nitrogens with zero attached hydrogens (tertiary/aromatic N) is 1. The van der Waals surface area contributed by atoms with E-state index in [9.17, 15) is 0 Å². The lowest BCUT2D eigenvalue weighted by Gasteiger charge is -2.50. The number of para-hydroxylation sites is 1. The molecule has 0 saturated carbocycles. The van der Waals surface area contributed by atoms with Gasteiger partial charge in [0, 0.05) is 11.5 Å². The number of fused-ring (bicyclic) bond motifs is 3. The molecule has 0 unspecified atom stereocenters. The molecule has 0 spiro atoms. The maximum Gasteiger partial charge on any atom is 0.140 e. The minimum absolute atomic E-state index is 0.0674. The SMILES string of the molecule is CC1(C)Oc2ccccc2[C@H]2O[C@@](C)(C#CC[N+]3(C)CCCCC3)CC[C@H]21. The normalized spacial score (nSPS) is 33.6. The lowest BCUT2D eigenvalue weighted by molar-refractivity contribution is -0.907. The van der Waals surface area contributed by atoms with Gasteiger partial charge >= 0.3 is 0 Å². The molecule has 27 heavy (non-hydrogen) atoms. The van der Waals surface area contributed by atoms with Crippen LogP contribution in [-0.4, -0.2) is 42.4 Å². The standard InChI is InChI=1S/C24H34NO2/c1-23(2)20-13-15-24(3,14-10-18-25(4)16-8-5-9-17-25)27-22(20)19-11-6-7-12-21(19)26-23/h6-7,11-12,20,22H,5,8-9,13,15-18H2,1-4H3/q+1/t20-,22-,24+/m1/s1. The molecule has 146 valence electrons. The molecule has 0 bridgehead atoms. The summed E-state index contributed by atoms with van der Waals surface area (Å²) in [5.41, 5.74) is 0.612. The zero-order valence-electron chi connectivity index (χ0n) is 17.4. The number of ether oxygens (including phenoxy) is 2. The summed E-state index contributed by atoms with van der Waals surface area (Å²) in [5.74, 6) is 8.38. The first-order valence-corrected chi connectivity index (χ1v) is 10.6. The average molecular weight is 369 g/mol. The fraction of sp³-hybridized carbons (Fsp3) is 0.667. The summed E-state index contributed by atoms with van der Waals surface area (Å²) < 4.78 is 14.1. The van der Waals surface area contributed by atoms with E-state index in [1.165, 1.54) is 37.9 Å². The Hall–Kier alpha value is -1.50. The molecule has 2 saturated heterocycles. The minimum atomic E-state index is -0.364. The molecule has 3 heterocycles. The predicted octanol–water partition coefficient (Wildman–Crippen LogP) is 4.72. The molecule has 1 aromatic rings. The smallest absolute Gasteiger partial charge is 0.140 e. The lowest BCUT2D eigenvalue weighted by atomic mass is 9.73. The van der Waals surface area contributed by atoms with Crippen molar-refractivity contribution in [3.63, 3.8) is 0 Å². The average Bonchev–Trinajstić information content (AvgIpc) is 2.61. The molecular weight excluding hydrogens is 334 g/mol. The Morgan fingerprint density at radius 3 is 2.63 bits per heavy atom. The number of benzene rings is 1. The highest BCUT2D eigenvalue weighted by Gasteiger charge is 2.50. The highest BCUT2D eigenvalue weighted by atomic mass is 16.5. The zero-order valence-corrected chi connectivity index (χ0v) is 17.4. The third-order valence-electron chi connectivity index (χ3n) is 6.89. The maximum absolute atomic E-state index is 6.70. The first kappa shape index (κ1) is 18.8. The molecule has 0 aliphatic carbocycles. The molecule has 3 nitrogen and oxygen atoms in total. The number of rotatable bonds is 1. The van der Waals surface area contributed by atoms with Crippen LogP contribution in [0.2, 0.25) is 0 Å². The van der Waals surface area contributed by atoms with Gasteiger partial charge in [0.15, 0.2) is 0 Å². The highest BCUT2D eigenvalue weighted by Crippen LogP contribution is 2.52. The molecule has 3 aliphatic rings. The second kappa shape index (κ2) is 6.83. The van der Waals surface area contributed by atoms with E-state index in [0.29, 0.717) is 5.92 Å². The first-order valence-electron chi connectivity index (χ1n) is 10.6. The topological polar surface area (TPSA) is 18.5 Å². The Morgan fingerprint density at radius 2 is 1.85 bits per heavy atom. The van der Waals surface area contributed by atoms with Gasteiger partial charge in [0.2, 0.25) is 0 Å². The van der Waals surface area contributed by atoms with E-state index in [4.69, 9.17) is 9.47 Å². The van der Waals surface area contributed by atoms with Crippen LogP contribution < -0.4 is 4.74 Å². The van der Waals surface area contributed by atoms with Crippen molar-refractivity contribution in [1.29, 1.82) is 0 Å². The fourth-order valence-corrected chi connectivity index (χ4v) is 5.11. The summed E-state index contributed by atoms with van der Waals surface area (Å²) in [7, 11) is 2.35. The van der Waals surface area contributed by atoms with Crippen molar-refractivity contribution in [2.45, 2.75) is 70.2 Å². The number of likely N-dealkylation sites (tertiary alicyclic amines) is 1. The van der Waals surface area contributed by atoms with Crippen LogP contribution in [0.4, 0.5) is 0 Å². The molecule has 0 aromatic heterocycles. The highest BCUT2D eigenvalue weighted by molar-refractivity contribution is 5.39. The van der Waals surface area contributed by atoms with Gasteiger partial charge in [-0.1, -0.05) is 24.1 Å². The predicted molar refractivity (Wildman–Crippen MR) is 109 cm³/mol. The molecular formula is C24H34NO2+. The van der Waals surface area contributed by atoms with Crippen molar-refractivity contribution in [2.24, 2.45) is 5.92 Å². The molecule has 2 fully saturated rings. The summed E-state index contributed by atoms with van der Waals surface area (Å²) in [6.45, 7) is 10.0. The Labute approximate surface area is 164 Å². The van der Waals surface area contributed by atoms with Crippen molar-refractivity contribution >= 4 is 0 Å². The van der Waals surface area contributed by atoms with E-state index in [0.717, 1.165) is 29.6 Å². The molecule has 3 atom stereocenters. The quantitative estimate of drug-likeness (QED) is 0.528. The van der Waals surface area contributed by atoms with E-state index in [1.54, 1.807) is 0 Å². The summed E-state index contributed by atoms with van der Waals surface area (Å²) in [4.78, 5) is 0. The van der Waals surface area contributed by atoms with Gasteiger partial charge in [-0.2, -0.15) is 0 Å². The Morgan fingerprint density at radius 1 is 1.11 bits per heavy atom. The van der Waals surface area contributed by atoms with Crippen molar-refractivity contribution < 1.29 is 14.0 Å². The van der Waals surface area contributed by atoms with Crippen LogP contribution >= 0.6 is 0 Å². The van der Waals surface area contributed by atoms with Crippen molar-refractivity contribution in [3.8, 4) is 17.6 Å². The van der Waals surface area contributed by atoms with Crippen LogP contribution in [0, 0.1) is 17.8 Å². The number of hydrogen-bond donors (Lipinski definition) is 0. The third-order valence-corrected chi connectivity index (χ3v) is 6.89. The summed E-state index contributed by atoms with van der Waals surface area (Å²) in [5, 5.41) is 0. The van der Waals surface area contributed by atoms with E-state index >= 15 is 0 Å². The number of hydrogen-bond acceptors (Lipinski definition) is 2. The maximum atomic E-state index is 6.70. The van der Waals surface area contributed by atoms with E-state index in [-0.39, 0.29) is 17.3 Å². The summed E-state index contributed by atoms with van der Waals surface area (Å²) in [6, 6.07) is 8.34. The Balaban J connectivity index is 1.54. The largest absolute Gasteiger partial charge is 0.487 e. The second-order valence-corrected chi connectivity index (χ2v) is 9.75. The van der Waals surface area contributed by atoms with Crippen molar-refractivity contribution in [3.05, 3.63) is 29.8 Å². The van der Waals surface area contributed by atoms with Crippen molar-refractivity contribution in [1.82, 2.24) is 0 Å². The van der Waals surface area contributed by atoms with Gasteiger partial charge in [-0.25, -0.2) is 0 Å². The van der Waals surface area contributed by atoms with Gasteiger partial charge in [-0.3, -0.25) is 0 Å². The first-order chi connectivity index (χ1) is 12.8. The van der Waals surface area contributed by atoms with Crippen molar-refractivity contribution in [2.75, 3.05) is 26.7 Å². The molecule has 1 aromatic carbocycles. The van der Waals surface area contributed by atoms with Gasteiger partial charge in [0.25, 0.3) is 0 Å². The minimum Gasteiger partial charge on any atom is -0.487 e. The number of piperidine rings is 1. The molecule has 0 amide bonds. The third kappa shape index (κ3) is 3.75. The van der Waals surface area contributed by atoms with Gasteiger partial charge in [0.05, 0.1) is 26.2 Å². The van der Waals surface area contributed by atoms with Gasteiger partial charge in [0.1, 0.15) is 23.5 Å². The second-order valence-electron chi connectivity index (χ2n) is 9.75. The zero-order chi connectivity index (χ0) is 19.1. The molecule has 3 heteroatoms. The van der Waals surface area contributed by atoms with E-state index < -0.39 is 0 Å². The summed E-state index contributed by atoms with van der Waals surface area (Å²) >= 11 is 0. The van der Waals surface area contributed by atoms with E-state index in [2.05, 4.69) is 57.9 Å². The van der Waals surface area contributed by atoms with Gasteiger partial charge in [-0.05, 0) is 64.9 Å². The van der Waals surface area contributed by atoms with Gasteiger partial charge in [-0.15, -0.1) is 0 Å². The summed E-state index contributed by atoms with van der Waals surface area (Å²) in [6.07, 6.45) is 6.17. The lowest BCUT2D eigenvalue weighted by Crippen LogP contribution is -2.51. The molecule has 0 N–H and O–H groups in total. The molecule has 0 radical (unpaired) electrons. The van der Waals surface area contributed by atoms with Crippen LogP contribution in [0.1, 0.15) is 64.5 Å². The Kier molecular flexibility index (Phi) is 4.77. The molecule has 3 aliphatic heterocycles. The number of quaternary nitrogens is 1. The fourth-order valence-electron chi connectivity index (χ4n) is 5.11. The van der Waals surface area contributed by atoms with Crippen LogP contribution in [0.5, 0.6) is 5.75 Å². The van der Waals surface area contributed by atoms with E-state index in [1.807, 2.05) is 6.07 Å².